The van der Waals surface area contributed by atoms with E-state index in [-0.39, 0.29) is 5.97 Å². The number of methoxy groups -OCH3 is 1. The van der Waals surface area contributed by atoms with E-state index < -0.39 is 6.04 Å². The summed E-state index contributed by atoms with van der Waals surface area (Å²) < 4.78 is 4.85. The van der Waals surface area contributed by atoms with Crippen LogP contribution in [-0.2, 0) is 16.1 Å². The maximum atomic E-state index is 12.0. The summed E-state index contributed by atoms with van der Waals surface area (Å²) >= 11 is 12.3. The Morgan fingerprint density at radius 3 is 2.29 bits per heavy atom. The smallest absolute Gasteiger partial charge is 0.327 e. The topological polar surface area (TPSA) is 38.3 Å². The number of nitrogens with one attached hydrogen (secondary N) is 1. The molecule has 1 unspecified atom stereocenters. The van der Waals surface area contributed by atoms with Crippen LogP contribution in [0.1, 0.15) is 17.2 Å². The van der Waals surface area contributed by atoms with Crippen LogP contribution in [0.2, 0.25) is 10.0 Å². The van der Waals surface area contributed by atoms with Crippen LogP contribution >= 0.6 is 23.2 Å². The number of hydrogen-bond donors (Lipinski definition) is 1. The van der Waals surface area contributed by atoms with Gasteiger partial charge in [0.05, 0.1) is 7.11 Å². The van der Waals surface area contributed by atoms with Crippen molar-refractivity contribution in [1.82, 2.24) is 5.32 Å². The third-order valence-electron chi connectivity index (χ3n) is 3.11. The quantitative estimate of drug-likeness (QED) is 0.845. The Hall–Kier alpha value is -1.55. The molecule has 0 aromatic heterocycles. The van der Waals surface area contributed by atoms with E-state index in [1.54, 1.807) is 18.2 Å². The van der Waals surface area contributed by atoms with Crippen LogP contribution in [0.25, 0.3) is 0 Å². The van der Waals surface area contributed by atoms with Gasteiger partial charge in [-0.15, -0.1) is 0 Å². The summed E-state index contributed by atoms with van der Waals surface area (Å²) in [5.74, 6) is -0.357. The third-order valence-corrected chi connectivity index (χ3v) is 3.82. The van der Waals surface area contributed by atoms with Crippen molar-refractivity contribution in [2.45, 2.75) is 12.6 Å². The number of carbonyl (C=O) groups is 1. The second-order valence-corrected chi connectivity index (χ2v) is 5.26. The van der Waals surface area contributed by atoms with Crippen LogP contribution in [0.15, 0.2) is 48.5 Å². The highest BCUT2D eigenvalue weighted by Crippen LogP contribution is 2.25. The summed E-state index contributed by atoms with van der Waals surface area (Å²) in [6.45, 7) is 0.368. The monoisotopic (exact) mass is 323 g/mol. The van der Waals surface area contributed by atoms with Crippen molar-refractivity contribution in [3.05, 3.63) is 69.7 Å². The highest BCUT2D eigenvalue weighted by molar-refractivity contribution is 6.35. The van der Waals surface area contributed by atoms with Crippen molar-refractivity contribution in [1.29, 1.82) is 0 Å². The maximum Gasteiger partial charge on any atom is 0.327 e. The lowest BCUT2D eigenvalue weighted by molar-refractivity contribution is -0.143. The molecule has 3 nitrogen and oxygen atoms in total. The van der Waals surface area contributed by atoms with E-state index >= 15 is 0 Å². The second-order valence-electron chi connectivity index (χ2n) is 4.45. The summed E-state index contributed by atoms with van der Waals surface area (Å²) in [6.07, 6.45) is 0. The first-order valence-corrected chi connectivity index (χ1v) is 7.18. The molecule has 0 bridgehead atoms. The average molecular weight is 324 g/mol. The first-order chi connectivity index (χ1) is 10.1. The standard InChI is InChI=1S/C16H15Cl2NO2/c1-21-16(20)15(11-6-3-2-4-7-11)19-10-12-13(17)8-5-9-14(12)18/h2-9,15,19H,10H2,1H3. The van der Waals surface area contributed by atoms with Crippen molar-refractivity contribution >= 4 is 29.2 Å². The van der Waals surface area contributed by atoms with Gasteiger partial charge in [0.2, 0.25) is 0 Å². The van der Waals surface area contributed by atoms with Crippen molar-refractivity contribution in [3.63, 3.8) is 0 Å². The molecule has 5 heteroatoms. The van der Waals surface area contributed by atoms with Gasteiger partial charge < -0.3 is 4.74 Å². The molecule has 0 saturated heterocycles. The summed E-state index contributed by atoms with van der Waals surface area (Å²) in [4.78, 5) is 12.0. The molecule has 0 amide bonds. The lowest BCUT2D eigenvalue weighted by Gasteiger charge is -2.18. The molecule has 1 atom stereocenters. The summed E-state index contributed by atoms with van der Waals surface area (Å²) in [6, 6.07) is 14.1. The number of rotatable bonds is 5. The van der Waals surface area contributed by atoms with Crippen LogP contribution in [-0.4, -0.2) is 13.1 Å². The van der Waals surface area contributed by atoms with Crippen molar-refractivity contribution in [3.8, 4) is 0 Å². The highest BCUT2D eigenvalue weighted by Gasteiger charge is 2.21. The van der Waals surface area contributed by atoms with Gasteiger partial charge in [0.1, 0.15) is 6.04 Å². The Balaban J connectivity index is 2.19. The minimum Gasteiger partial charge on any atom is -0.468 e. The molecular weight excluding hydrogens is 309 g/mol. The molecule has 110 valence electrons. The van der Waals surface area contributed by atoms with E-state index in [0.29, 0.717) is 16.6 Å². The minimum absolute atomic E-state index is 0.357. The Labute approximate surface area is 133 Å². The molecule has 21 heavy (non-hydrogen) atoms. The van der Waals surface area contributed by atoms with Gasteiger partial charge in [0.15, 0.2) is 0 Å². The molecule has 0 fully saturated rings. The molecule has 0 aliphatic heterocycles. The van der Waals surface area contributed by atoms with Crippen molar-refractivity contribution in [2.24, 2.45) is 0 Å². The fraction of sp³-hybridized carbons (Fsp3) is 0.188. The summed E-state index contributed by atoms with van der Waals surface area (Å²) in [5, 5.41) is 4.26. The lowest BCUT2D eigenvalue weighted by Crippen LogP contribution is -2.29. The van der Waals surface area contributed by atoms with Gasteiger partial charge in [0.25, 0.3) is 0 Å². The fourth-order valence-corrected chi connectivity index (χ4v) is 2.54. The number of hydrogen-bond acceptors (Lipinski definition) is 3. The molecular formula is C16H15Cl2NO2. The Kier molecular flexibility index (Phi) is 5.62. The third kappa shape index (κ3) is 3.97. The molecule has 0 spiro atoms. The Bertz CT molecular complexity index is 597. The Morgan fingerprint density at radius 2 is 1.71 bits per heavy atom. The maximum absolute atomic E-state index is 12.0. The minimum atomic E-state index is -0.566. The van der Waals surface area contributed by atoms with E-state index in [4.69, 9.17) is 27.9 Å². The normalized spacial score (nSPS) is 12.0. The number of carbonyl (C=O) groups excluding carboxylic acids is 1. The van der Waals surface area contributed by atoms with Crippen molar-refractivity contribution < 1.29 is 9.53 Å². The molecule has 0 radical (unpaired) electrons. The first-order valence-electron chi connectivity index (χ1n) is 6.42. The molecule has 1 N–H and O–H groups in total. The molecule has 0 saturated carbocycles. The van der Waals surface area contributed by atoms with E-state index in [9.17, 15) is 4.79 Å². The van der Waals surface area contributed by atoms with Gasteiger partial charge in [-0.1, -0.05) is 59.6 Å². The van der Waals surface area contributed by atoms with Crippen LogP contribution in [0.4, 0.5) is 0 Å². The second kappa shape index (κ2) is 7.46. The molecule has 0 heterocycles. The lowest BCUT2D eigenvalue weighted by atomic mass is 10.1. The zero-order valence-corrected chi connectivity index (χ0v) is 13.0. The van der Waals surface area contributed by atoms with Gasteiger partial charge in [0, 0.05) is 22.2 Å². The van der Waals surface area contributed by atoms with Gasteiger partial charge >= 0.3 is 5.97 Å². The zero-order valence-electron chi connectivity index (χ0n) is 11.5. The average Bonchev–Trinajstić information content (AvgIpc) is 2.50. The van der Waals surface area contributed by atoms with Crippen LogP contribution < -0.4 is 5.32 Å². The molecule has 2 aromatic carbocycles. The van der Waals surface area contributed by atoms with Crippen LogP contribution in [0.3, 0.4) is 0 Å². The van der Waals surface area contributed by atoms with Gasteiger partial charge in [-0.2, -0.15) is 0 Å². The zero-order chi connectivity index (χ0) is 15.2. The predicted octanol–water partition coefficient (Wildman–Crippen LogP) is 4.00. The highest BCUT2D eigenvalue weighted by atomic mass is 35.5. The van der Waals surface area contributed by atoms with E-state index in [1.807, 2.05) is 30.3 Å². The largest absolute Gasteiger partial charge is 0.468 e. The van der Waals surface area contributed by atoms with Crippen LogP contribution in [0.5, 0.6) is 0 Å². The molecule has 0 aliphatic rings. The van der Waals surface area contributed by atoms with Crippen LogP contribution in [0, 0.1) is 0 Å². The van der Waals surface area contributed by atoms with Gasteiger partial charge in [-0.25, -0.2) is 4.79 Å². The fourth-order valence-electron chi connectivity index (χ4n) is 2.01. The molecule has 0 aliphatic carbocycles. The Morgan fingerprint density at radius 1 is 1.10 bits per heavy atom. The number of ether oxygens (including phenoxy) is 1. The molecule has 2 rings (SSSR count). The summed E-state index contributed by atoms with van der Waals surface area (Å²) in [5.41, 5.74) is 1.58. The van der Waals surface area contributed by atoms with E-state index in [1.165, 1.54) is 7.11 Å². The van der Waals surface area contributed by atoms with E-state index in [0.717, 1.165) is 11.1 Å². The number of esters is 1. The number of halogens is 2. The SMILES string of the molecule is COC(=O)C(NCc1c(Cl)cccc1Cl)c1ccccc1. The van der Waals surface area contributed by atoms with Crippen molar-refractivity contribution in [2.75, 3.05) is 7.11 Å². The first kappa shape index (κ1) is 15.8. The van der Waals surface area contributed by atoms with Gasteiger partial charge in [-0.05, 0) is 17.7 Å². The van der Waals surface area contributed by atoms with Gasteiger partial charge in [-0.3, -0.25) is 5.32 Å². The molecule has 2 aromatic rings. The van der Waals surface area contributed by atoms with E-state index in [2.05, 4.69) is 5.32 Å². The summed E-state index contributed by atoms with van der Waals surface area (Å²) in [7, 11) is 1.36. The predicted molar refractivity (Wildman–Crippen MR) is 84.5 cm³/mol. The number of benzene rings is 2.